The Morgan fingerprint density at radius 2 is 2.06 bits per heavy atom. The third-order valence-electron chi connectivity index (χ3n) is 2.69. The molecule has 1 N–H and O–H groups in total. The van der Waals surface area contributed by atoms with Crippen molar-refractivity contribution >= 4 is 15.9 Å². The summed E-state index contributed by atoms with van der Waals surface area (Å²) in [5.74, 6) is 0.905. The molecule has 17 heavy (non-hydrogen) atoms. The number of benzene rings is 1. The third-order valence-corrected chi connectivity index (χ3v) is 3.42. The van der Waals surface area contributed by atoms with Gasteiger partial charge in [0.15, 0.2) is 0 Å². The number of hydrogen-bond donors (Lipinski definition) is 1. The van der Waals surface area contributed by atoms with Gasteiger partial charge in [0, 0.05) is 10.5 Å². The fraction of sp³-hybridized carbons (Fsp3) is 0.571. The molecular formula is C14H22BrNO. The third kappa shape index (κ3) is 5.55. The summed E-state index contributed by atoms with van der Waals surface area (Å²) in [5, 5.41) is 3.43. The summed E-state index contributed by atoms with van der Waals surface area (Å²) in [6, 6.07) is 6.77. The molecule has 96 valence electrons. The summed E-state index contributed by atoms with van der Waals surface area (Å²) in [4.78, 5) is 0. The van der Waals surface area contributed by atoms with E-state index in [0.717, 1.165) is 23.2 Å². The van der Waals surface area contributed by atoms with Gasteiger partial charge in [-0.2, -0.15) is 0 Å². The summed E-state index contributed by atoms with van der Waals surface area (Å²) in [5.41, 5.74) is 1.36. The van der Waals surface area contributed by atoms with Gasteiger partial charge in [0.2, 0.25) is 0 Å². The average Bonchev–Trinajstić information content (AvgIpc) is 2.30. The van der Waals surface area contributed by atoms with Crippen LogP contribution in [0.3, 0.4) is 0 Å². The van der Waals surface area contributed by atoms with Crippen LogP contribution in [0.5, 0.6) is 5.75 Å². The topological polar surface area (TPSA) is 21.3 Å². The van der Waals surface area contributed by atoms with Gasteiger partial charge in [-0.1, -0.05) is 35.8 Å². The zero-order chi connectivity index (χ0) is 12.7. The number of unbranched alkanes of at least 4 members (excludes halogenated alkanes) is 1. The number of ether oxygens (including phenoxy) is 1. The minimum absolute atomic E-state index is 0.586. The molecule has 0 atom stereocenters. The van der Waals surface area contributed by atoms with Crippen LogP contribution in [0.25, 0.3) is 0 Å². The predicted octanol–water partition coefficient (Wildman–Crippen LogP) is 3.78. The first-order valence-corrected chi connectivity index (χ1v) is 6.98. The molecular weight excluding hydrogens is 278 g/mol. The van der Waals surface area contributed by atoms with Gasteiger partial charge < -0.3 is 10.1 Å². The molecule has 0 aliphatic heterocycles. The van der Waals surface area contributed by atoms with Gasteiger partial charge in [0.25, 0.3) is 0 Å². The van der Waals surface area contributed by atoms with Crippen molar-refractivity contribution in [1.29, 1.82) is 0 Å². The van der Waals surface area contributed by atoms with Crippen molar-refractivity contribution in [3.8, 4) is 5.75 Å². The van der Waals surface area contributed by atoms with Crippen LogP contribution in [0.1, 0.15) is 32.3 Å². The summed E-state index contributed by atoms with van der Waals surface area (Å²) < 4.78 is 6.33. The highest BCUT2D eigenvalue weighted by atomic mass is 79.9. The van der Waals surface area contributed by atoms with Crippen molar-refractivity contribution < 1.29 is 4.74 Å². The molecule has 0 amide bonds. The van der Waals surface area contributed by atoms with Gasteiger partial charge in [-0.3, -0.25) is 0 Å². The highest BCUT2D eigenvalue weighted by molar-refractivity contribution is 9.10. The normalized spacial score (nSPS) is 10.9. The molecule has 0 radical (unpaired) electrons. The number of rotatable bonds is 7. The first-order chi connectivity index (χ1) is 8.13. The van der Waals surface area contributed by atoms with Crippen LogP contribution in [0.4, 0.5) is 0 Å². The fourth-order valence-corrected chi connectivity index (χ4v) is 2.24. The molecule has 1 aromatic rings. The average molecular weight is 300 g/mol. The number of methoxy groups -OCH3 is 1. The first kappa shape index (κ1) is 14.5. The minimum Gasteiger partial charge on any atom is -0.497 e. The maximum atomic E-state index is 5.18. The summed E-state index contributed by atoms with van der Waals surface area (Å²) in [7, 11) is 1.69. The standard InChI is InChI=1S/C14H22BrNO/c1-11(2)16-9-5-4-6-12-7-8-13(17-3)10-14(12)15/h7-8,10-11,16H,4-6,9H2,1-3H3. The number of halogens is 1. The van der Waals surface area contributed by atoms with E-state index in [1.54, 1.807) is 7.11 Å². The lowest BCUT2D eigenvalue weighted by atomic mass is 10.1. The number of aryl methyl sites for hydroxylation is 1. The molecule has 0 heterocycles. The van der Waals surface area contributed by atoms with Crippen LogP contribution in [-0.4, -0.2) is 19.7 Å². The van der Waals surface area contributed by atoms with E-state index >= 15 is 0 Å². The largest absolute Gasteiger partial charge is 0.497 e. The molecule has 0 unspecified atom stereocenters. The van der Waals surface area contributed by atoms with Crippen molar-refractivity contribution in [2.24, 2.45) is 0 Å². The van der Waals surface area contributed by atoms with E-state index in [1.165, 1.54) is 18.4 Å². The van der Waals surface area contributed by atoms with Gasteiger partial charge in [-0.25, -0.2) is 0 Å². The Kier molecular flexibility index (Phi) is 6.60. The van der Waals surface area contributed by atoms with Crippen LogP contribution in [0.2, 0.25) is 0 Å². The monoisotopic (exact) mass is 299 g/mol. The lowest BCUT2D eigenvalue weighted by Crippen LogP contribution is -2.23. The molecule has 0 fully saturated rings. The molecule has 1 aromatic carbocycles. The quantitative estimate of drug-likeness (QED) is 0.774. The van der Waals surface area contributed by atoms with E-state index < -0.39 is 0 Å². The van der Waals surface area contributed by atoms with E-state index in [9.17, 15) is 0 Å². The number of hydrogen-bond acceptors (Lipinski definition) is 2. The molecule has 0 aromatic heterocycles. The highest BCUT2D eigenvalue weighted by Crippen LogP contribution is 2.24. The van der Waals surface area contributed by atoms with Gasteiger partial charge >= 0.3 is 0 Å². The second-order valence-corrected chi connectivity index (χ2v) is 5.38. The Bertz CT molecular complexity index is 339. The summed E-state index contributed by atoms with van der Waals surface area (Å²) in [6.07, 6.45) is 3.55. The molecule has 0 spiro atoms. The fourth-order valence-electron chi connectivity index (χ4n) is 1.69. The zero-order valence-corrected chi connectivity index (χ0v) is 12.5. The smallest absolute Gasteiger partial charge is 0.120 e. The minimum atomic E-state index is 0.586. The maximum Gasteiger partial charge on any atom is 0.120 e. The summed E-state index contributed by atoms with van der Waals surface area (Å²) >= 11 is 3.58. The van der Waals surface area contributed by atoms with Crippen molar-refractivity contribution in [3.63, 3.8) is 0 Å². The van der Waals surface area contributed by atoms with Gasteiger partial charge in [-0.05, 0) is 43.5 Å². The Morgan fingerprint density at radius 1 is 1.29 bits per heavy atom. The van der Waals surface area contributed by atoms with E-state index in [-0.39, 0.29) is 0 Å². The second-order valence-electron chi connectivity index (χ2n) is 4.52. The first-order valence-electron chi connectivity index (χ1n) is 6.19. The maximum absolute atomic E-state index is 5.18. The van der Waals surface area contributed by atoms with Gasteiger partial charge in [0.1, 0.15) is 5.75 Å². The Balaban J connectivity index is 2.32. The molecule has 0 aliphatic carbocycles. The van der Waals surface area contributed by atoms with Crippen LogP contribution in [0.15, 0.2) is 22.7 Å². The molecule has 0 bridgehead atoms. The van der Waals surface area contributed by atoms with Crippen LogP contribution >= 0.6 is 15.9 Å². The zero-order valence-electron chi connectivity index (χ0n) is 10.9. The Labute approximate surface area is 113 Å². The molecule has 1 rings (SSSR count). The van der Waals surface area contributed by atoms with E-state index in [0.29, 0.717) is 6.04 Å². The van der Waals surface area contributed by atoms with Gasteiger partial charge in [-0.15, -0.1) is 0 Å². The van der Waals surface area contributed by atoms with Crippen LogP contribution < -0.4 is 10.1 Å². The molecule has 2 nitrogen and oxygen atoms in total. The Morgan fingerprint density at radius 3 is 2.65 bits per heavy atom. The van der Waals surface area contributed by atoms with E-state index in [4.69, 9.17) is 4.74 Å². The van der Waals surface area contributed by atoms with Crippen molar-refractivity contribution in [1.82, 2.24) is 5.32 Å². The van der Waals surface area contributed by atoms with E-state index in [1.807, 2.05) is 12.1 Å². The summed E-state index contributed by atoms with van der Waals surface area (Å²) in [6.45, 7) is 5.46. The molecule has 0 saturated carbocycles. The van der Waals surface area contributed by atoms with E-state index in [2.05, 4.69) is 41.2 Å². The lowest BCUT2D eigenvalue weighted by Gasteiger charge is -2.09. The second kappa shape index (κ2) is 7.72. The van der Waals surface area contributed by atoms with Crippen LogP contribution in [-0.2, 0) is 6.42 Å². The molecule has 0 aliphatic rings. The molecule has 3 heteroatoms. The SMILES string of the molecule is COc1ccc(CCCCNC(C)C)c(Br)c1. The number of nitrogens with one attached hydrogen (secondary N) is 1. The van der Waals surface area contributed by atoms with Gasteiger partial charge in [0.05, 0.1) is 7.11 Å². The van der Waals surface area contributed by atoms with Crippen molar-refractivity contribution in [2.45, 2.75) is 39.2 Å². The van der Waals surface area contributed by atoms with Crippen molar-refractivity contribution in [3.05, 3.63) is 28.2 Å². The van der Waals surface area contributed by atoms with Crippen molar-refractivity contribution in [2.75, 3.05) is 13.7 Å². The molecule has 0 saturated heterocycles. The Hall–Kier alpha value is -0.540. The predicted molar refractivity (Wildman–Crippen MR) is 76.8 cm³/mol. The highest BCUT2D eigenvalue weighted by Gasteiger charge is 2.01. The van der Waals surface area contributed by atoms with Crippen LogP contribution in [0, 0.1) is 0 Å². The lowest BCUT2D eigenvalue weighted by molar-refractivity contribution is 0.414.